The van der Waals surface area contributed by atoms with E-state index in [1.807, 2.05) is 0 Å². The highest BCUT2D eigenvalue weighted by Crippen LogP contribution is 2.49. The first-order chi connectivity index (χ1) is 8.19. The molecule has 1 saturated carbocycles. The minimum atomic E-state index is 0.618. The van der Waals surface area contributed by atoms with Crippen molar-refractivity contribution >= 4 is 0 Å². The van der Waals surface area contributed by atoms with E-state index in [0.29, 0.717) is 5.41 Å². The molecule has 1 unspecified atom stereocenters. The molecule has 1 aliphatic heterocycles. The molecule has 0 amide bonds. The molecule has 3 nitrogen and oxygen atoms in total. The molecule has 1 heterocycles. The van der Waals surface area contributed by atoms with E-state index in [0.717, 1.165) is 12.6 Å². The van der Waals surface area contributed by atoms with Gasteiger partial charge in [0.2, 0.25) is 0 Å². The number of hydrogen-bond acceptors (Lipinski definition) is 3. The monoisotopic (exact) mass is 239 g/mol. The van der Waals surface area contributed by atoms with Crippen LogP contribution >= 0.6 is 0 Å². The van der Waals surface area contributed by atoms with Crippen LogP contribution in [0, 0.1) is 5.41 Å². The van der Waals surface area contributed by atoms with E-state index in [-0.39, 0.29) is 0 Å². The van der Waals surface area contributed by atoms with Crippen LogP contribution in [0.25, 0.3) is 0 Å². The summed E-state index contributed by atoms with van der Waals surface area (Å²) in [7, 11) is 0. The van der Waals surface area contributed by atoms with Gasteiger partial charge in [-0.15, -0.1) is 0 Å². The number of nitrogens with two attached hydrogens (primary N) is 1. The van der Waals surface area contributed by atoms with Crippen molar-refractivity contribution in [3.63, 3.8) is 0 Å². The van der Waals surface area contributed by atoms with E-state index < -0.39 is 0 Å². The van der Waals surface area contributed by atoms with Crippen molar-refractivity contribution in [1.82, 2.24) is 9.80 Å². The van der Waals surface area contributed by atoms with E-state index >= 15 is 0 Å². The van der Waals surface area contributed by atoms with Crippen molar-refractivity contribution in [3.8, 4) is 0 Å². The highest BCUT2D eigenvalue weighted by molar-refractivity contribution is 4.96. The maximum atomic E-state index is 5.71. The zero-order valence-electron chi connectivity index (χ0n) is 11.6. The second-order valence-corrected chi connectivity index (χ2v) is 6.11. The summed E-state index contributed by atoms with van der Waals surface area (Å²) in [6.45, 7) is 11.9. The molecule has 0 radical (unpaired) electrons. The van der Waals surface area contributed by atoms with Crippen LogP contribution in [0.3, 0.4) is 0 Å². The van der Waals surface area contributed by atoms with Crippen LogP contribution < -0.4 is 5.73 Å². The summed E-state index contributed by atoms with van der Waals surface area (Å²) in [5.41, 5.74) is 6.33. The van der Waals surface area contributed by atoms with E-state index in [1.165, 1.54) is 58.4 Å². The standard InChI is InChI=1S/C14H29N3/c1-3-13(2)17-10-8-16(9-11-17)12-14(4-5-14)6-7-15/h13H,3-12,15H2,1-2H3. The largest absolute Gasteiger partial charge is 0.330 e. The number of piperazine rings is 1. The lowest BCUT2D eigenvalue weighted by Gasteiger charge is -2.39. The van der Waals surface area contributed by atoms with Crippen molar-refractivity contribution in [2.45, 2.75) is 45.6 Å². The molecule has 2 rings (SSSR count). The average Bonchev–Trinajstić information content (AvgIpc) is 3.09. The van der Waals surface area contributed by atoms with Crippen LogP contribution in [0.4, 0.5) is 0 Å². The van der Waals surface area contributed by atoms with Crippen molar-refractivity contribution in [2.24, 2.45) is 11.1 Å². The Balaban J connectivity index is 1.72. The Kier molecular flexibility index (Phi) is 4.45. The number of rotatable bonds is 6. The van der Waals surface area contributed by atoms with Gasteiger partial charge < -0.3 is 10.6 Å². The summed E-state index contributed by atoms with van der Waals surface area (Å²) in [5, 5.41) is 0. The molecule has 1 aliphatic carbocycles. The van der Waals surface area contributed by atoms with Crippen LogP contribution in [0.1, 0.15) is 39.5 Å². The Morgan fingerprint density at radius 3 is 2.29 bits per heavy atom. The molecule has 0 bridgehead atoms. The Bertz CT molecular complexity index is 230. The SMILES string of the molecule is CCC(C)N1CCN(CC2(CCN)CC2)CC1. The number of hydrogen-bond donors (Lipinski definition) is 1. The summed E-state index contributed by atoms with van der Waals surface area (Å²) in [6.07, 6.45) is 5.33. The molecule has 0 aromatic rings. The molecule has 1 saturated heterocycles. The lowest BCUT2D eigenvalue weighted by molar-refractivity contribution is 0.0856. The second-order valence-electron chi connectivity index (χ2n) is 6.11. The molecule has 2 fully saturated rings. The van der Waals surface area contributed by atoms with Gasteiger partial charge in [-0.05, 0) is 44.6 Å². The lowest BCUT2D eigenvalue weighted by atomic mass is 10.0. The molecule has 1 atom stereocenters. The van der Waals surface area contributed by atoms with Crippen LogP contribution in [0.2, 0.25) is 0 Å². The van der Waals surface area contributed by atoms with E-state index in [1.54, 1.807) is 0 Å². The first-order valence-corrected chi connectivity index (χ1v) is 7.35. The molecule has 0 aromatic heterocycles. The summed E-state index contributed by atoms with van der Waals surface area (Å²) in [5.74, 6) is 0. The van der Waals surface area contributed by atoms with Crippen LogP contribution in [-0.4, -0.2) is 55.1 Å². The predicted octanol–water partition coefficient (Wildman–Crippen LogP) is 1.53. The van der Waals surface area contributed by atoms with Crippen molar-refractivity contribution in [1.29, 1.82) is 0 Å². The predicted molar refractivity (Wildman–Crippen MR) is 73.1 cm³/mol. The van der Waals surface area contributed by atoms with Gasteiger partial charge >= 0.3 is 0 Å². The minimum absolute atomic E-state index is 0.618. The fourth-order valence-corrected chi connectivity index (χ4v) is 3.06. The van der Waals surface area contributed by atoms with Gasteiger partial charge in [0, 0.05) is 38.8 Å². The highest BCUT2D eigenvalue weighted by Gasteiger charge is 2.43. The molecule has 2 N–H and O–H groups in total. The first kappa shape index (κ1) is 13.3. The minimum Gasteiger partial charge on any atom is -0.330 e. The fraction of sp³-hybridized carbons (Fsp3) is 1.00. The third-order valence-corrected chi connectivity index (χ3v) is 4.81. The van der Waals surface area contributed by atoms with Gasteiger partial charge in [0.05, 0.1) is 0 Å². The molecule has 0 spiro atoms. The summed E-state index contributed by atoms with van der Waals surface area (Å²) in [6, 6.07) is 0.760. The van der Waals surface area contributed by atoms with Gasteiger partial charge in [-0.2, -0.15) is 0 Å². The van der Waals surface area contributed by atoms with Crippen LogP contribution in [0.5, 0.6) is 0 Å². The Hall–Kier alpha value is -0.120. The van der Waals surface area contributed by atoms with E-state index in [2.05, 4.69) is 23.6 Å². The second kappa shape index (κ2) is 5.68. The first-order valence-electron chi connectivity index (χ1n) is 7.35. The maximum absolute atomic E-state index is 5.71. The van der Waals surface area contributed by atoms with Gasteiger partial charge in [-0.25, -0.2) is 0 Å². The van der Waals surface area contributed by atoms with Gasteiger partial charge in [0.25, 0.3) is 0 Å². The Morgan fingerprint density at radius 2 is 1.82 bits per heavy atom. The fourth-order valence-electron chi connectivity index (χ4n) is 3.06. The van der Waals surface area contributed by atoms with Crippen molar-refractivity contribution < 1.29 is 0 Å². The molecule has 17 heavy (non-hydrogen) atoms. The third-order valence-electron chi connectivity index (χ3n) is 4.81. The number of nitrogens with zero attached hydrogens (tertiary/aromatic N) is 2. The van der Waals surface area contributed by atoms with Crippen LogP contribution in [0.15, 0.2) is 0 Å². The van der Waals surface area contributed by atoms with Crippen molar-refractivity contribution in [3.05, 3.63) is 0 Å². The molecule has 3 heteroatoms. The topological polar surface area (TPSA) is 32.5 Å². The highest BCUT2D eigenvalue weighted by atomic mass is 15.3. The van der Waals surface area contributed by atoms with Crippen molar-refractivity contribution in [2.75, 3.05) is 39.3 Å². The Labute approximate surface area is 106 Å². The zero-order valence-corrected chi connectivity index (χ0v) is 11.6. The van der Waals surface area contributed by atoms with Gasteiger partial charge in [0.1, 0.15) is 0 Å². The van der Waals surface area contributed by atoms with Gasteiger partial charge in [0.15, 0.2) is 0 Å². The van der Waals surface area contributed by atoms with E-state index in [4.69, 9.17) is 5.73 Å². The summed E-state index contributed by atoms with van der Waals surface area (Å²) < 4.78 is 0. The quantitative estimate of drug-likeness (QED) is 0.763. The Morgan fingerprint density at radius 1 is 1.18 bits per heavy atom. The normalized spacial score (nSPS) is 27.0. The van der Waals surface area contributed by atoms with E-state index in [9.17, 15) is 0 Å². The molecular formula is C14H29N3. The summed E-state index contributed by atoms with van der Waals surface area (Å²) >= 11 is 0. The molecule has 2 aliphatic rings. The van der Waals surface area contributed by atoms with Gasteiger partial charge in [-0.3, -0.25) is 4.90 Å². The zero-order chi connectivity index (χ0) is 12.3. The average molecular weight is 239 g/mol. The maximum Gasteiger partial charge on any atom is 0.0113 e. The molecule has 100 valence electrons. The van der Waals surface area contributed by atoms with Crippen LogP contribution in [-0.2, 0) is 0 Å². The lowest BCUT2D eigenvalue weighted by Crippen LogP contribution is -2.50. The molecular weight excluding hydrogens is 210 g/mol. The smallest absolute Gasteiger partial charge is 0.0113 e. The summed E-state index contributed by atoms with van der Waals surface area (Å²) in [4.78, 5) is 5.31. The third kappa shape index (κ3) is 3.43. The molecule has 0 aromatic carbocycles. The van der Waals surface area contributed by atoms with Gasteiger partial charge in [-0.1, -0.05) is 6.92 Å².